The van der Waals surface area contributed by atoms with Gasteiger partial charge in [0, 0.05) is 17.1 Å². The third kappa shape index (κ3) is 1.19. The molecule has 4 heteroatoms. The molecule has 0 amide bonds. The van der Waals surface area contributed by atoms with Crippen LogP contribution in [0.3, 0.4) is 0 Å². The first-order valence-electron chi connectivity index (χ1n) is 1.30. The van der Waals surface area contributed by atoms with Gasteiger partial charge in [0.1, 0.15) is 0 Å². The monoisotopic (exact) mass is 124 g/mol. The molecule has 1 radical (unpaired) electrons. The summed E-state index contributed by atoms with van der Waals surface area (Å²) in [4.78, 5) is 0. The van der Waals surface area contributed by atoms with Gasteiger partial charge in [-0.3, -0.25) is 0 Å². The molecule has 6 heavy (non-hydrogen) atoms. The minimum Gasteiger partial charge on any atom is -0.198 e. The van der Waals surface area contributed by atoms with Gasteiger partial charge in [-0.15, -0.1) is 0 Å². The maximum Gasteiger partial charge on any atom is 0.0690 e. The fourth-order valence-corrected chi connectivity index (χ4v) is 0.167. The number of H-pyrrole nitrogens is 1. The van der Waals surface area contributed by atoms with Crippen LogP contribution < -0.4 is 0 Å². The van der Waals surface area contributed by atoms with Gasteiger partial charge in [-0.1, -0.05) is 0 Å². The maximum absolute atomic E-state index is 3.49. The summed E-state index contributed by atoms with van der Waals surface area (Å²) in [5.74, 6) is 0. The Balaban J connectivity index is 0.000000250. The number of nitrogens with zero attached hydrogens (tertiary/aromatic N) is 2. The summed E-state index contributed by atoms with van der Waals surface area (Å²) in [6.45, 7) is 0. The quantitative estimate of drug-likeness (QED) is 0.486. The van der Waals surface area contributed by atoms with E-state index < -0.39 is 0 Å². The number of rotatable bonds is 0. The Morgan fingerprint density at radius 3 is 1.83 bits per heavy atom. The molecular formula is C2H3MnN3. The molecule has 3 nitrogen and oxygen atoms in total. The van der Waals surface area contributed by atoms with Gasteiger partial charge in [0.15, 0.2) is 0 Å². The minimum atomic E-state index is 0. The summed E-state index contributed by atoms with van der Waals surface area (Å²) in [7, 11) is 0. The smallest absolute Gasteiger partial charge is 0.0690 e. The third-order valence-electron chi connectivity index (χ3n) is 0.331. The molecule has 0 bridgehead atoms. The Bertz CT molecular complexity index is 65.3. The summed E-state index contributed by atoms with van der Waals surface area (Å²) in [6, 6.07) is 0. The average molecular weight is 124 g/mol. The summed E-state index contributed by atoms with van der Waals surface area (Å²) in [6.07, 6.45) is 3.17. The number of hydrogen-bond acceptors (Lipinski definition) is 2. The number of nitrogens with one attached hydrogen (secondary N) is 1. The predicted octanol–water partition coefficient (Wildman–Crippen LogP) is -0.198. The molecule has 0 spiro atoms. The van der Waals surface area contributed by atoms with E-state index in [2.05, 4.69) is 15.4 Å². The summed E-state index contributed by atoms with van der Waals surface area (Å²) in [5.41, 5.74) is 0. The predicted molar refractivity (Wildman–Crippen MR) is 16.4 cm³/mol. The van der Waals surface area contributed by atoms with Gasteiger partial charge >= 0.3 is 0 Å². The first-order chi connectivity index (χ1) is 2.50. The summed E-state index contributed by atoms with van der Waals surface area (Å²) >= 11 is 0. The van der Waals surface area contributed by atoms with E-state index in [1.165, 1.54) is 0 Å². The maximum atomic E-state index is 3.49. The van der Waals surface area contributed by atoms with Crippen molar-refractivity contribution in [2.24, 2.45) is 0 Å². The van der Waals surface area contributed by atoms with Crippen LogP contribution in [-0.4, -0.2) is 15.4 Å². The van der Waals surface area contributed by atoms with Gasteiger partial charge in [-0.25, -0.2) is 0 Å². The second kappa shape index (κ2) is 2.87. The van der Waals surface area contributed by atoms with E-state index in [1.807, 2.05) is 0 Å². The van der Waals surface area contributed by atoms with E-state index >= 15 is 0 Å². The molecule has 0 aromatic carbocycles. The first-order valence-corrected chi connectivity index (χ1v) is 1.30. The number of hydrogen-bond donors (Lipinski definition) is 1. The van der Waals surface area contributed by atoms with Crippen LogP contribution in [0.4, 0.5) is 0 Å². The summed E-state index contributed by atoms with van der Waals surface area (Å²) < 4.78 is 0. The van der Waals surface area contributed by atoms with Crippen molar-refractivity contribution >= 4 is 0 Å². The minimum absolute atomic E-state index is 0. The fraction of sp³-hybridized carbons (Fsp3) is 0. The van der Waals surface area contributed by atoms with Crippen molar-refractivity contribution in [1.29, 1.82) is 0 Å². The molecule has 0 unspecified atom stereocenters. The molecule has 33 valence electrons. The molecule has 1 aromatic heterocycles. The third-order valence-corrected chi connectivity index (χ3v) is 0.331. The SMILES string of the molecule is [Mn].c1cn[nH]n1. The van der Waals surface area contributed by atoms with Crippen LogP contribution in [0, 0.1) is 0 Å². The van der Waals surface area contributed by atoms with E-state index in [0.29, 0.717) is 0 Å². The van der Waals surface area contributed by atoms with Crippen LogP contribution in [0.25, 0.3) is 0 Å². The molecule has 0 aliphatic carbocycles. The Labute approximate surface area is 45.6 Å². The molecule has 1 heterocycles. The van der Waals surface area contributed by atoms with Crippen molar-refractivity contribution in [3.05, 3.63) is 12.4 Å². The molecule has 0 aliphatic heterocycles. The topological polar surface area (TPSA) is 41.6 Å². The second-order valence-corrected chi connectivity index (χ2v) is 0.656. The number of aromatic amines is 1. The second-order valence-electron chi connectivity index (χ2n) is 0.656. The molecule has 0 fully saturated rings. The molecule has 1 aromatic rings. The van der Waals surface area contributed by atoms with Crippen molar-refractivity contribution in [2.75, 3.05) is 0 Å². The normalized spacial score (nSPS) is 6.67. The van der Waals surface area contributed by atoms with Crippen LogP contribution in [0.1, 0.15) is 0 Å². The fourth-order valence-electron chi connectivity index (χ4n) is 0.167. The van der Waals surface area contributed by atoms with E-state index in [0.717, 1.165) is 0 Å². The molecule has 0 saturated heterocycles. The average Bonchev–Trinajstić information content (AvgIpc) is 1.76. The Morgan fingerprint density at radius 2 is 1.67 bits per heavy atom. The number of aromatic nitrogens is 3. The summed E-state index contributed by atoms with van der Waals surface area (Å²) in [5, 5.41) is 9.33. The zero-order chi connectivity index (χ0) is 3.54. The molecule has 0 saturated carbocycles. The van der Waals surface area contributed by atoms with Crippen LogP contribution >= 0.6 is 0 Å². The van der Waals surface area contributed by atoms with Crippen molar-refractivity contribution in [3.63, 3.8) is 0 Å². The Kier molecular flexibility index (Phi) is 2.71. The van der Waals surface area contributed by atoms with Gasteiger partial charge in [0.25, 0.3) is 0 Å². The molecule has 1 N–H and O–H groups in total. The van der Waals surface area contributed by atoms with Crippen LogP contribution in [0.15, 0.2) is 12.4 Å². The molecule has 0 aliphatic rings. The van der Waals surface area contributed by atoms with Gasteiger partial charge in [0.05, 0.1) is 12.4 Å². The van der Waals surface area contributed by atoms with Gasteiger partial charge in [-0.05, 0) is 0 Å². The standard InChI is InChI=1S/C2H3N3.Mn/c1-2-4-5-3-1;/h1-2H,(H,3,4,5);. The molecule has 0 atom stereocenters. The van der Waals surface area contributed by atoms with Crippen LogP contribution in [-0.2, 0) is 17.1 Å². The molecular weight excluding hydrogens is 121 g/mol. The van der Waals surface area contributed by atoms with Crippen molar-refractivity contribution in [1.82, 2.24) is 15.4 Å². The Morgan fingerprint density at radius 1 is 1.17 bits per heavy atom. The molecule has 1 rings (SSSR count). The van der Waals surface area contributed by atoms with Gasteiger partial charge in [0.2, 0.25) is 0 Å². The van der Waals surface area contributed by atoms with Crippen molar-refractivity contribution < 1.29 is 17.1 Å². The van der Waals surface area contributed by atoms with E-state index in [1.54, 1.807) is 12.4 Å². The van der Waals surface area contributed by atoms with Gasteiger partial charge in [-0.2, -0.15) is 15.4 Å². The zero-order valence-corrected chi connectivity index (χ0v) is 4.11. The Hall–Kier alpha value is -0.341. The first kappa shape index (κ1) is 5.66. The van der Waals surface area contributed by atoms with Crippen molar-refractivity contribution in [3.8, 4) is 0 Å². The zero-order valence-electron chi connectivity index (χ0n) is 2.93. The van der Waals surface area contributed by atoms with E-state index in [9.17, 15) is 0 Å². The van der Waals surface area contributed by atoms with E-state index in [-0.39, 0.29) is 17.1 Å². The van der Waals surface area contributed by atoms with Crippen molar-refractivity contribution in [2.45, 2.75) is 0 Å². The van der Waals surface area contributed by atoms with Crippen LogP contribution in [0.2, 0.25) is 0 Å². The largest absolute Gasteiger partial charge is 0.198 e. The van der Waals surface area contributed by atoms with Gasteiger partial charge < -0.3 is 0 Å². The van der Waals surface area contributed by atoms with E-state index in [4.69, 9.17) is 0 Å². The van der Waals surface area contributed by atoms with Crippen LogP contribution in [0.5, 0.6) is 0 Å².